The summed E-state index contributed by atoms with van der Waals surface area (Å²) in [5.41, 5.74) is 9.32. The molecule has 33 aliphatic rings. The zero-order valence-corrected chi connectivity index (χ0v) is 93.2. The molecule has 33 rings (SSSR count). The zero-order valence-electron chi connectivity index (χ0n) is 93.2. The quantitative estimate of drug-likeness (QED) is 0.278. The number of fused-ring (bicyclic) bond motifs is 24. The van der Waals surface area contributed by atoms with Gasteiger partial charge in [0, 0.05) is 19.3 Å². The molecule has 0 aromatic carbocycles. The minimum Gasteiger partial charge on any atom is -0.378 e. The Hall–Kier alpha value is -0.280. The van der Waals surface area contributed by atoms with Crippen LogP contribution in [0.3, 0.4) is 0 Å². The second kappa shape index (κ2) is 38.6. The maximum absolute atomic E-state index is 6.18. The van der Waals surface area contributed by atoms with Gasteiger partial charge < -0.3 is 33.3 Å². The molecule has 15 saturated heterocycles. The van der Waals surface area contributed by atoms with Crippen LogP contribution in [0.4, 0.5) is 0 Å². The standard InChI is InChI=1S/C13H24.C12H16.2C12H22.C11H21N.C11H18O2.3C11H20O.C11H20.C10H18O/c1-12(2,3)13-8-4-6-11(10-13)7-5-9-13;1-11(2,3)12-8-5-4-6(8)10(12)7(4)9(5)12;1-11(2,3)12-7-4-10(5-8-12)6-9-12;1-10(2)12-7-3-4-11(5-8-12)6-9-12;1-10(2,3)11-4-7-12(8-5-11)9-6-11;1-10(2,3)11-5-7-4-8(13-11)9(6-11)12-7;1-10(2,3)11-6-4-9(5-7-11)12-8-11;1-10(2,3)11-7-4-5-9(12-11)6-8-11;1-9(2)11-7-3-5-10(12-11)6-4-8-11;1-9(2)11-6-3-4-10(8-11)5-7-11;1-8(2)10-5-3-9(4-6-10)7-11-10/h11H,4-10H2,1-3H3;4-10H,1-3H3;10H,4-9H2,1-3H3;10-11H,3-9H2,1-2H3;4-9H2,1-3H3;7-9H,4-6H2,1-3H3;2*9H,4-8H2,1-3H3;9-10H,3-8H2,1-2H3;9-10H,3-8H2,1-2H3;8-9H,3-7H2,1-2H3. The molecule has 0 N–H and O–H groups in total. The lowest BCUT2D eigenvalue weighted by molar-refractivity contribution is -0.634. The number of rotatable bonds is 4. The predicted molar refractivity (Wildman–Crippen MR) is 556 cm³/mol. The summed E-state index contributed by atoms with van der Waals surface area (Å²) in [4.78, 5) is 2.62. The molecule has 0 amide bonds. The van der Waals surface area contributed by atoms with E-state index in [0.29, 0.717) is 97.2 Å². The van der Waals surface area contributed by atoms with E-state index < -0.39 is 0 Å². The summed E-state index contributed by atoms with van der Waals surface area (Å²) in [6.07, 6.45) is 75.9. The van der Waals surface area contributed by atoms with Gasteiger partial charge in [-0.3, -0.25) is 0 Å². The lowest BCUT2D eigenvalue weighted by Gasteiger charge is -3.09. The molecule has 15 heterocycles. The third kappa shape index (κ3) is 19.4. The molecule has 0 spiro atoms. The first-order valence-corrected chi connectivity index (χ1v) is 59.4. The second-order valence-electron chi connectivity index (χ2n) is 61.5. The first kappa shape index (κ1) is 105. The SMILES string of the molecule is CC(C)(C)C12C3C4C5C3C1C5C42.CC(C)(C)C12CC3CC(O1)C(C2)O3.CC(C)(C)C12CCC(CC1)CC2.CC(C)(C)C12CCC(CC1)OC2.CC(C)(C)C12CCCC(CC1)O2.CC(C)(C)C12CCCC(CCC1)C2.CC(C)(C)C12CCN(CC1)CC2.CC(C)C12CCC(CC1)CO2.CC(C)C12CCCC(CC1)C2.CC(C)C12CCCC(CC1)CC2.CC(C)C12CCCC(CCC1)O2. The zero-order chi connectivity index (χ0) is 95.1. The van der Waals surface area contributed by atoms with Crippen molar-refractivity contribution in [3.8, 4) is 0 Å². The van der Waals surface area contributed by atoms with Gasteiger partial charge in [0.05, 0.1) is 72.2 Å². The molecule has 15 aliphatic heterocycles. The molecule has 18 aliphatic carbocycles. The van der Waals surface area contributed by atoms with Crippen LogP contribution in [0.1, 0.15) is 528 Å². The summed E-state index contributed by atoms with van der Waals surface area (Å²) < 4.78 is 36.1. The molecule has 132 heavy (non-hydrogen) atoms. The topological polar surface area (TPSA) is 58.6 Å². The van der Waals surface area contributed by atoms with Crippen LogP contribution < -0.4 is 0 Å². The van der Waals surface area contributed by atoms with E-state index in [0.717, 1.165) is 95.6 Å². The minimum atomic E-state index is 0.128. The monoisotopic (exact) mass is 1830 g/mol. The average Bonchev–Trinajstić information content (AvgIpc) is 0.562. The van der Waals surface area contributed by atoms with E-state index >= 15 is 0 Å². The van der Waals surface area contributed by atoms with Gasteiger partial charge in [-0.25, -0.2) is 0 Å². The maximum atomic E-state index is 6.18. The Bertz CT molecular complexity index is 3330. The summed E-state index contributed by atoms with van der Waals surface area (Å²) in [6.45, 7) is 75.5. The van der Waals surface area contributed by atoms with Crippen molar-refractivity contribution < 1.29 is 28.4 Å². The summed E-state index contributed by atoms with van der Waals surface area (Å²) >= 11 is 0. The maximum Gasteiger partial charge on any atom is 0.0870 e. The summed E-state index contributed by atoms with van der Waals surface area (Å²) in [7, 11) is 0. The van der Waals surface area contributed by atoms with Crippen LogP contribution in [-0.2, 0) is 28.4 Å². The van der Waals surface area contributed by atoms with Crippen LogP contribution in [0, 0.1) is 170 Å². The van der Waals surface area contributed by atoms with Gasteiger partial charge in [-0.05, 0) is 447 Å². The molecule has 0 aromatic rings. The molecule has 33 fully saturated rings. The highest BCUT2D eigenvalue weighted by molar-refractivity contribution is 5.51. The molecule has 18 saturated carbocycles. The van der Waals surface area contributed by atoms with Crippen LogP contribution in [0.25, 0.3) is 0 Å². The number of nitrogens with zero attached hydrogens (tertiary/aromatic N) is 1. The van der Waals surface area contributed by atoms with Crippen LogP contribution in [-0.4, -0.2) is 96.8 Å². The summed E-state index contributed by atoms with van der Waals surface area (Å²) in [5.74, 6) is 17.4. The number of ether oxygens (including phenoxy) is 6. The van der Waals surface area contributed by atoms with E-state index in [1.54, 1.807) is 6.42 Å². The van der Waals surface area contributed by atoms with Crippen molar-refractivity contribution in [2.75, 3.05) is 32.8 Å². The van der Waals surface area contributed by atoms with Gasteiger partial charge in [0.1, 0.15) is 0 Å². The van der Waals surface area contributed by atoms with Crippen molar-refractivity contribution >= 4 is 0 Å². The van der Waals surface area contributed by atoms with Gasteiger partial charge in [0.15, 0.2) is 0 Å². The second-order valence-corrected chi connectivity index (χ2v) is 61.5. The van der Waals surface area contributed by atoms with E-state index in [2.05, 4.69) is 206 Å². The molecule has 7 nitrogen and oxygen atoms in total. The van der Waals surface area contributed by atoms with Crippen molar-refractivity contribution in [2.24, 2.45) is 170 Å². The first-order valence-electron chi connectivity index (χ1n) is 59.4. The Kier molecular flexibility index (Phi) is 30.6. The van der Waals surface area contributed by atoms with Gasteiger partial charge in [-0.1, -0.05) is 252 Å². The molecule has 762 valence electrons. The first-order chi connectivity index (χ1) is 61.7. The van der Waals surface area contributed by atoms with E-state index in [1.807, 2.05) is 0 Å². The lowest BCUT2D eigenvalue weighted by atomic mass is 8.94. The average molecular weight is 1830 g/mol. The van der Waals surface area contributed by atoms with E-state index in [1.165, 1.54) is 363 Å². The number of hydrogen-bond acceptors (Lipinski definition) is 7. The fourth-order valence-corrected chi connectivity index (χ4v) is 37.7. The largest absolute Gasteiger partial charge is 0.378 e. The Morgan fingerprint density at radius 3 is 1.06 bits per heavy atom. The van der Waals surface area contributed by atoms with Crippen LogP contribution in [0.15, 0.2) is 0 Å². The Morgan fingerprint density at radius 1 is 0.265 bits per heavy atom. The van der Waals surface area contributed by atoms with E-state index in [-0.39, 0.29) is 27.8 Å². The van der Waals surface area contributed by atoms with Crippen LogP contribution >= 0.6 is 0 Å². The van der Waals surface area contributed by atoms with Gasteiger partial charge in [-0.15, -0.1) is 0 Å². The minimum absolute atomic E-state index is 0.128. The molecular weight excluding hydrogens is 1610 g/mol. The molecular formula is C125H221NO6. The van der Waals surface area contributed by atoms with Crippen molar-refractivity contribution in [3.63, 3.8) is 0 Å². The smallest absolute Gasteiger partial charge is 0.0870 e. The third-order valence-corrected chi connectivity index (χ3v) is 48.7. The molecule has 8 unspecified atom stereocenters. The molecule has 0 aromatic heterocycles. The highest BCUT2D eigenvalue weighted by Crippen LogP contribution is 3.08. The number of piperidine rings is 3. The van der Waals surface area contributed by atoms with Gasteiger partial charge in [0.25, 0.3) is 0 Å². The van der Waals surface area contributed by atoms with E-state index in [4.69, 9.17) is 28.4 Å². The Morgan fingerprint density at radius 2 is 0.682 bits per heavy atom. The van der Waals surface area contributed by atoms with Crippen molar-refractivity contribution in [1.29, 1.82) is 0 Å². The van der Waals surface area contributed by atoms with Crippen LogP contribution in [0.5, 0.6) is 0 Å². The Labute approximate surface area is 818 Å². The van der Waals surface area contributed by atoms with Crippen LogP contribution in [0.2, 0.25) is 0 Å². The third-order valence-electron chi connectivity index (χ3n) is 48.7. The molecule has 7 heteroatoms. The van der Waals surface area contributed by atoms with Gasteiger partial charge in [-0.2, -0.15) is 0 Å². The highest BCUT2D eigenvalue weighted by Gasteiger charge is 3.05. The molecule has 0 radical (unpaired) electrons. The fraction of sp³-hybridized carbons (Fsp3) is 1.00. The lowest BCUT2D eigenvalue weighted by Crippen LogP contribution is -3.07. The highest BCUT2D eigenvalue weighted by atomic mass is 16.6. The van der Waals surface area contributed by atoms with Crippen molar-refractivity contribution in [1.82, 2.24) is 4.90 Å². The van der Waals surface area contributed by atoms with Crippen molar-refractivity contribution in [3.05, 3.63) is 0 Å². The normalized spacial score (nSPS) is 46.8. The van der Waals surface area contributed by atoms with Crippen molar-refractivity contribution in [2.45, 2.75) is 587 Å². The van der Waals surface area contributed by atoms with E-state index in [9.17, 15) is 0 Å². The number of hydrogen-bond donors (Lipinski definition) is 0. The van der Waals surface area contributed by atoms with Gasteiger partial charge in [0.2, 0.25) is 0 Å². The summed E-state index contributed by atoms with van der Waals surface area (Å²) in [6, 6.07) is 0. The Balaban J connectivity index is 0.000000106. The molecule has 22 bridgehead atoms. The summed E-state index contributed by atoms with van der Waals surface area (Å²) in [5, 5.41) is 0. The molecule has 8 atom stereocenters. The van der Waals surface area contributed by atoms with Gasteiger partial charge >= 0.3 is 0 Å². The fourth-order valence-electron chi connectivity index (χ4n) is 37.7. The predicted octanol–water partition coefficient (Wildman–Crippen LogP) is 34.9.